The van der Waals surface area contributed by atoms with E-state index in [-0.39, 0.29) is 5.88 Å². The van der Waals surface area contributed by atoms with Crippen LogP contribution in [0.3, 0.4) is 0 Å². The molecule has 0 amide bonds. The number of hydrogen-bond donors (Lipinski definition) is 1. The molecule has 3 aromatic rings. The molecule has 1 aromatic heterocycles. The molecule has 140 valence electrons. The van der Waals surface area contributed by atoms with Crippen molar-refractivity contribution in [2.75, 3.05) is 11.5 Å². The molecule has 6 heteroatoms. The molecular weight excluding hydrogens is 422 g/mol. The van der Waals surface area contributed by atoms with E-state index >= 15 is 0 Å². The van der Waals surface area contributed by atoms with Crippen LogP contribution in [0.15, 0.2) is 51.1 Å². The highest BCUT2D eigenvalue weighted by atomic mass is 79.9. The number of thioether (sulfide) groups is 1. The van der Waals surface area contributed by atoms with Gasteiger partial charge in [-0.2, -0.15) is 16.9 Å². The molecule has 2 heterocycles. The number of aryl methyl sites for hydroxylation is 1. The number of rotatable bonds is 4. The summed E-state index contributed by atoms with van der Waals surface area (Å²) in [5.41, 5.74) is 4.70. The van der Waals surface area contributed by atoms with Gasteiger partial charge >= 0.3 is 0 Å². The van der Waals surface area contributed by atoms with Crippen LogP contribution in [-0.4, -0.2) is 21.2 Å². The van der Waals surface area contributed by atoms with Crippen LogP contribution in [0.2, 0.25) is 0 Å². The van der Waals surface area contributed by atoms with Crippen LogP contribution in [0.1, 0.15) is 36.9 Å². The SMILES string of the molecule is Cc1cc(N=Nc2c(O)n(C3CSC3)c3ccc(C(C)C)cc23)ccc1Br. The number of nitrogens with zero attached hydrogens (tertiary/aromatic N) is 3. The van der Waals surface area contributed by atoms with Crippen molar-refractivity contribution in [2.45, 2.75) is 32.7 Å². The summed E-state index contributed by atoms with van der Waals surface area (Å²) in [5, 5.41) is 20.8. The summed E-state index contributed by atoms with van der Waals surface area (Å²) < 4.78 is 3.07. The minimum atomic E-state index is 0.216. The lowest BCUT2D eigenvalue weighted by molar-refractivity contribution is 0.406. The summed E-state index contributed by atoms with van der Waals surface area (Å²) in [6, 6.07) is 12.6. The zero-order valence-corrected chi connectivity index (χ0v) is 18.0. The van der Waals surface area contributed by atoms with Gasteiger partial charge in [-0.25, -0.2) is 0 Å². The second-order valence-corrected chi connectivity index (χ2v) is 9.23. The topological polar surface area (TPSA) is 49.9 Å². The van der Waals surface area contributed by atoms with Gasteiger partial charge in [-0.1, -0.05) is 35.8 Å². The van der Waals surface area contributed by atoms with Crippen LogP contribution >= 0.6 is 27.7 Å². The van der Waals surface area contributed by atoms with Gasteiger partial charge < -0.3 is 9.67 Å². The molecule has 4 nitrogen and oxygen atoms in total. The molecule has 0 saturated carbocycles. The fourth-order valence-electron chi connectivity index (χ4n) is 3.30. The van der Waals surface area contributed by atoms with E-state index in [2.05, 4.69) is 58.2 Å². The Labute approximate surface area is 171 Å². The van der Waals surface area contributed by atoms with E-state index in [9.17, 15) is 5.11 Å². The lowest BCUT2D eigenvalue weighted by atomic mass is 10.0. The van der Waals surface area contributed by atoms with Gasteiger partial charge in [0.15, 0.2) is 5.69 Å². The number of hydrogen-bond acceptors (Lipinski definition) is 4. The molecule has 4 rings (SSSR count). The van der Waals surface area contributed by atoms with Gasteiger partial charge in [-0.15, -0.1) is 5.11 Å². The maximum atomic E-state index is 10.9. The first-order valence-electron chi connectivity index (χ1n) is 9.08. The van der Waals surface area contributed by atoms with E-state index in [0.29, 0.717) is 17.6 Å². The molecule has 0 radical (unpaired) electrons. The summed E-state index contributed by atoms with van der Waals surface area (Å²) in [4.78, 5) is 0. The molecule has 0 bridgehead atoms. The number of halogens is 1. The number of benzene rings is 2. The van der Waals surface area contributed by atoms with Crippen molar-refractivity contribution < 1.29 is 5.11 Å². The lowest BCUT2D eigenvalue weighted by Crippen LogP contribution is -2.22. The number of aromatic hydroxyl groups is 1. The summed E-state index contributed by atoms with van der Waals surface area (Å²) >= 11 is 5.40. The predicted molar refractivity (Wildman–Crippen MR) is 117 cm³/mol. The van der Waals surface area contributed by atoms with Crippen molar-refractivity contribution in [3.8, 4) is 5.88 Å². The van der Waals surface area contributed by atoms with E-state index in [1.807, 2.05) is 41.5 Å². The Morgan fingerprint density at radius 1 is 1.15 bits per heavy atom. The van der Waals surface area contributed by atoms with Gasteiger partial charge in [0.1, 0.15) is 0 Å². The third-order valence-corrected chi connectivity index (χ3v) is 7.17. The summed E-state index contributed by atoms with van der Waals surface area (Å²) in [6.07, 6.45) is 0. The minimum Gasteiger partial charge on any atom is -0.493 e. The van der Waals surface area contributed by atoms with E-state index in [0.717, 1.165) is 38.1 Å². The van der Waals surface area contributed by atoms with Gasteiger partial charge in [0.05, 0.1) is 17.2 Å². The second kappa shape index (κ2) is 7.32. The van der Waals surface area contributed by atoms with Gasteiger partial charge in [0.25, 0.3) is 0 Å². The van der Waals surface area contributed by atoms with Crippen LogP contribution < -0.4 is 0 Å². The van der Waals surface area contributed by atoms with E-state index in [1.165, 1.54) is 5.56 Å². The Morgan fingerprint density at radius 2 is 1.93 bits per heavy atom. The third kappa shape index (κ3) is 3.41. The van der Waals surface area contributed by atoms with Crippen molar-refractivity contribution in [3.63, 3.8) is 0 Å². The number of azo groups is 1. The fraction of sp³-hybridized carbons (Fsp3) is 0.333. The van der Waals surface area contributed by atoms with Crippen LogP contribution in [0, 0.1) is 6.92 Å². The molecule has 1 saturated heterocycles. The highest BCUT2D eigenvalue weighted by molar-refractivity contribution is 9.10. The summed E-state index contributed by atoms with van der Waals surface area (Å²) in [7, 11) is 0. The molecule has 1 aliphatic rings. The van der Waals surface area contributed by atoms with E-state index in [4.69, 9.17) is 0 Å². The fourth-order valence-corrected chi connectivity index (χ4v) is 4.29. The molecule has 2 aromatic carbocycles. The first-order valence-corrected chi connectivity index (χ1v) is 11.0. The van der Waals surface area contributed by atoms with Crippen LogP contribution in [0.25, 0.3) is 10.9 Å². The van der Waals surface area contributed by atoms with Gasteiger partial charge in [0, 0.05) is 21.4 Å². The molecule has 0 unspecified atom stereocenters. The monoisotopic (exact) mass is 443 g/mol. The molecule has 1 fully saturated rings. The highest BCUT2D eigenvalue weighted by Crippen LogP contribution is 2.45. The Morgan fingerprint density at radius 3 is 2.56 bits per heavy atom. The zero-order chi connectivity index (χ0) is 19.1. The summed E-state index contributed by atoms with van der Waals surface area (Å²) in [5.74, 6) is 2.67. The van der Waals surface area contributed by atoms with E-state index in [1.54, 1.807) is 0 Å². The van der Waals surface area contributed by atoms with E-state index < -0.39 is 0 Å². The minimum absolute atomic E-state index is 0.216. The number of fused-ring (bicyclic) bond motifs is 1. The smallest absolute Gasteiger partial charge is 0.221 e. The lowest BCUT2D eigenvalue weighted by Gasteiger charge is -2.27. The predicted octanol–water partition coefficient (Wildman–Crippen LogP) is 7.24. The average Bonchev–Trinajstić information content (AvgIpc) is 2.86. The normalized spacial score (nSPS) is 15.1. The average molecular weight is 444 g/mol. The Kier molecular flexibility index (Phi) is 5.03. The molecule has 0 spiro atoms. The van der Waals surface area contributed by atoms with Gasteiger partial charge in [-0.3, -0.25) is 0 Å². The Balaban J connectivity index is 1.84. The first-order chi connectivity index (χ1) is 13.0. The van der Waals surface area contributed by atoms with Crippen LogP contribution in [-0.2, 0) is 0 Å². The molecule has 0 atom stereocenters. The molecule has 1 N–H and O–H groups in total. The molecule has 1 aliphatic heterocycles. The van der Waals surface area contributed by atoms with Crippen molar-refractivity contribution in [3.05, 3.63) is 52.0 Å². The van der Waals surface area contributed by atoms with Crippen molar-refractivity contribution in [1.29, 1.82) is 0 Å². The zero-order valence-electron chi connectivity index (χ0n) is 15.6. The maximum Gasteiger partial charge on any atom is 0.221 e. The molecular formula is C21H22BrN3OS. The maximum absolute atomic E-state index is 10.9. The highest BCUT2D eigenvalue weighted by Gasteiger charge is 2.27. The Bertz CT molecular complexity index is 1040. The third-order valence-electron chi connectivity index (χ3n) is 5.03. The molecule has 0 aliphatic carbocycles. The van der Waals surface area contributed by atoms with Crippen LogP contribution in [0.4, 0.5) is 11.4 Å². The van der Waals surface area contributed by atoms with Crippen molar-refractivity contribution in [1.82, 2.24) is 4.57 Å². The second-order valence-electron chi connectivity index (χ2n) is 7.30. The Hall–Kier alpha value is -1.79. The largest absolute Gasteiger partial charge is 0.493 e. The number of aromatic nitrogens is 1. The molecule has 27 heavy (non-hydrogen) atoms. The van der Waals surface area contributed by atoms with Crippen molar-refractivity contribution in [2.24, 2.45) is 10.2 Å². The standard InChI is InChI=1S/C21H22BrN3OS/c1-12(2)14-4-7-19-17(9-14)20(21(26)25(19)16-10-27-11-16)24-23-15-5-6-18(22)13(3)8-15/h4-9,12,16,26H,10-11H2,1-3H3. The quantitative estimate of drug-likeness (QED) is 0.431. The van der Waals surface area contributed by atoms with Crippen molar-refractivity contribution >= 4 is 50.0 Å². The summed E-state index contributed by atoms with van der Waals surface area (Å²) in [6.45, 7) is 6.37. The van der Waals surface area contributed by atoms with Gasteiger partial charge in [0.2, 0.25) is 5.88 Å². The van der Waals surface area contributed by atoms with Gasteiger partial charge in [-0.05, 0) is 54.3 Å². The van der Waals surface area contributed by atoms with Crippen LogP contribution in [0.5, 0.6) is 5.88 Å². The first kappa shape index (κ1) is 18.6.